The summed E-state index contributed by atoms with van der Waals surface area (Å²) >= 11 is 17.8. The zero-order chi connectivity index (χ0) is 20.6. The number of rotatable bonds is 3. The number of hydrogen-bond acceptors (Lipinski definition) is 3. The van der Waals surface area contributed by atoms with Crippen LogP contribution in [-0.2, 0) is 14.3 Å². The van der Waals surface area contributed by atoms with Crippen molar-refractivity contribution < 1.29 is 18.7 Å². The number of carbonyl (C=O) groups excluding carboxylic acids is 2. The number of amides is 1. The Hall–Kier alpha value is -2.34. The van der Waals surface area contributed by atoms with Crippen LogP contribution < -0.4 is 4.90 Å². The van der Waals surface area contributed by atoms with Gasteiger partial charge in [-0.3, -0.25) is 9.69 Å². The van der Waals surface area contributed by atoms with E-state index in [4.69, 9.17) is 39.5 Å². The van der Waals surface area contributed by atoms with Crippen LogP contribution in [0.15, 0.2) is 53.2 Å². The van der Waals surface area contributed by atoms with E-state index in [1.807, 2.05) is 0 Å². The molecule has 0 fully saturated rings. The maximum Gasteiger partial charge on any atom is 0.340 e. The molecule has 0 bridgehead atoms. The second kappa shape index (κ2) is 7.95. The number of ether oxygens (including phenoxy) is 1. The van der Waals surface area contributed by atoms with E-state index in [1.54, 1.807) is 25.1 Å². The van der Waals surface area contributed by atoms with Gasteiger partial charge in [-0.1, -0.05) is 40.9 Å². The first-order valence-corrected chi connectivity index (χ1v) is 9.13. The largest absolute Gasteiger partial charge is 0.465 e. The van der Waals surface area contributed by atoms with Crippen LogP contribution in [0.4, 0.5) is 10.1 Å². The predicted octanol–water partition coefficient (Wildman–Crippen LogP) is 5.66. The minimum Gasteiger partial charge on any atom is -0.465 e. The summed E-state index contributed by atoms with van der Waals surface area (Å²) in [7, 11) is 1.22. The summed E-state index contributed by atoms with van der Waals surface area (Å²) in [6.45, 7) is 1.59. The molecule has 0 aliphatic carbocycles. The third-order valence-electron chi connectivity index (χ3n) is 4.21. The number of benzene rings is 2. The van der Waals surface area contributed by atoms with Gasteiger partial charge in [0.15, 0.2) is 0 Å². The smallest absolute Gasteiger partial charge is 0.340 e. The van der Waals surface area contributed by atoms with E-state index < -0.39 is 17.7 Å². The van der Waals surface area contributed by atoms with Crippen molar-refractivity contribution in [3.05, 3.63) is 79.7 Å². The number of anilines is 1. The quantitative estimate of drug-likeness (QED) is 0.457. The highest BCUT2D eigenvalue weighted by Gasteiger charge is 2.38. The van der Waals surface area contributed by atoms with Crippen molar-refractivity contribution in [3.8, 4) is 0 Å². The average Bonchev–Trinajstić information content (AvgIpc) is 2.90. The third-order valence-corrected chi connectivity index (χ3v) is 5.23. The topological polar surface area (TPSA) is 46.6 Å². The van der Waals surface area contributed by atoms with Gasteiger partial charge in [-0.15, -0.1) is 0 Å². The fourth-order valence-electron chi connectivity index (χ4n) is 2.88. The molecule has 3 rings (SSSR count). The highest BCUT2D eigenvalue weighted by molar-refractivity contribution is 6.42. The number of nitrogens with zero attached hydrogens (tertiary/aromatic N) is 1. The normalized spacial score (nSPS) is 15.6. The van der Waals surface area contributed by atoms with Crippen LogP contribution in [0.5, 0.6) is 0 Å². The average molecular weight is 441 g/mol. The van der Waals surface area contributed by atoms with Crippen molar-refractivity contribution in [2.24, 2.45) is 0 Å². The molecule has 28 heavy (non-hydrogen) atoms. The van der Waals surface area contributed by atoms with Crippen LogP contribution in [0.25, 0.3) is 6.08 Å². The lowest BCUT2D eigenvalue weighted by Gasteiger charge is -2.18. The molecular formula is C20H13Cl3FNO3. The Morgan fingerprint density at radius 2 is 1.79 bits per heavy atom. The van der Waals surface area contributed by atoms with Crippen molar-refractivity contribution in [2.45, 2.75) is 6.92 Å². The van der Waals surface area contributed by atoms with Gasteiger partial charge in [0.25, 0.3) is 5.91 Å². The zero-order valence-corrected chi connectivity index (χ0v) is 17.0. The molecule has 0 atom stereocenters. The van der Waals surface area contributed by atoms with E-state index >= 15 is 0 Å². The van der Waals surface area contributed by atoms with Crippen molar-refractivity contribution in [3.63, 3.8) is 0 Å². The molecule has 0 saturated heterocycles. The monoisotopic (exact) mass is 439 g/mol. The van der Waals surface area contributed by atoms with Crippen molar-refractivity contribution in [2.75, 3.05) is 12.0 Å². The lowest BCUT2D eigenvalue weighted by atomic mass is 10.0. The van der Waals surface area contributed by atoms with Crippen LogP contribution in [0, 0.1) is 5.82 Å². The maximum absolute atomic E-state index is 13.5. The second-order valence-electron chi connectivity index (χ2n) is 5.92. The zero-order valence-electron chi connectivity index (χ0n) is 14.7. The fourth-order valence-corrected chi connectivity index (χ4v) is 3.37. The first kappa shape index (κ1) is 20.4. The minimum absolute atomic E-state index is 0.0963. The van der Waals surface area contributed by atoms with Gasteiger partial charge in [0.2, 0.25) is 0 Å². The van der Waals surface area contributed by atoms with E-state index in [-0.39, 0.29) is 16.2 Å². The summed E-state index contributed by atoms with van der Waals surface area (Å²) in [5.41, 5.74) is 1.45. The number of allylic oxidation sites excluding steroid dienone is 1. The molecule has 0 aromatic heterocycles. The maximum atomic E-state index is 13.5. The molecule has 0 unspecified atom stereocenters. The van der Waals surface area contributed by atoms with Gasteiger partial charge in [0.1, 0.15) is 5.82 Å². The Morgan fingerprint density at radius 3 is 2.39 bits per heavy atom. The standard InChI is InChI=1S/C20H13Cl3FNO3/c1-10-18(20(27)28-2)13(7-11-3-5-14(21)15(22)8-11)19(26)25(10)12-4-6-17(24)16(23)9-12/h3-9H,1-2H3/b13-7-. The molecule has 144 valence electrons. The van der Waals surface area contributed by atoms with Crippen molar-refractivity contribution in [1.29, 1.82) is 0 Å². The Balaban J connectivity index is 2.15. The van der Waals surface area contributed by atoms with Crippen LogP contribution >= 0.6 is 34.8 Å². The summed E-state index contributed by atoms with van der Waals surface area (Å²) in [4.78, 5) is 26.7. The first-order chi connectivity index (χ1) is 13.2. The summed E-state index contributed by atoms with van der Waals surface area (Å²) in [6, 6.07) is 8.69. The third kappa shape index (κ3) is 3.65. The van der Waals surface area contributed by atoms with Crippen molar-refractivity contribution in [1.82, 2.24) is 0 Å². The van der Waals surface area contributed by atoms with E-state index in [9.17, 15) is 14.0 Å². The Labute approximate surface area is 175 Å². The van der Waals surface area contributed by atoms with Gasteiger partial charge in [0.05, 0.1) is 39.0 Å². The molecule has 1 heterocycles. The Bertz CT molecular complexity index is 1060. The number of halogens is 4. The predicted molar refractivity (Wildman–Crippen MR) is 108 cm³/mol. The minimum atomic E-state index is -0.673. The molecule has 0 spiro atoms. The highest BCUT2D eigenvalue weighted by Crippen LogP contribution is 2.37. The molecule has 0 saturated carbocycles. The van der Waals surface area contributed by atoms with E-state index in [2.05, 4.69) is 0 Å². The first-order valence-electron chi connectivity index (χ1n) is 8.00. The molecule has 0 radical (unpaired) electrons. The highest BCUT2D eigenvalue weighted by atomic mass is 35.5. The van der Waals surface area contributed by atoms with Gasteiger partial charge in [-0.25, -0.2) is 9.18 Å². The SMILES string of the molecule is COC(=O)C1=C(C)N(c2ccc(F)c(Cl)c2)C(=O)/C1=C\c1ccc(Cl)c(Cl)c1. The second-order valence-corrected chi connectivity index (χ2v) is 7.14. The van der Waals surface area contributed by atoms with Gasteiger partial charge in [-0.2, -0.15) is 0 Å². The molecule has 1 aliphatic heterocycles. The van der Waals surface area contributed by atoms with Gasteiger partial charge < -0.3 is 4.74 Å². The van der Waals surface area contributed by atoms with Crippen molar-refractivity contribution >= 4 is 58.4 Å². The molecule has 0 N–H and O–H groups in total. The lowest BCUT2D eigenvalue weighted by molar-refractivity contribution is -0.136. The molecular weight excluding hydrogens is 428 g/mol. The number of carbonyl (C=O) groups is 2. The van der Waals surface area contributed by atoms with Crippen LogP contribution in [0.1, 0.15) is 12.5 Å². The fraction of sp³-hybridized carbons (Fsp3) is 0.100. The summed E-state index contributed by atoms with van der Waals surface area (Å²) in [5.74, 6) is -1.77. The number of esters is 1. The van der Waals surface area contributed by atoms with E-state index in [0.29, 0.717) is 27.0 Å². The Morgan fingerprint density at radius 1 is 1.07 bits per heavy atom. The van der Waals surface area contributed by atoms with Gasteiger partial charge in [0, 0.05) is 5.70 Å². The molecule has 4 nitrogen and oxygen atoms in total. The molecule has 8 heteroatoms. The summed E-state index contributed by atoms with van der Waals surface area (Å²) < 4.78 is 18.4. The molecule has 2 aromatic carbocycles. The molecule has 1 amide bonds. The molecule has 2 aromatic rings. The van der Waals surface area contributed by atoms with Crippen LogP contribution in [0.2, 0.25) is 15.1 Å². The van der Waals surface area contributed by atoms with Crippen LogP contribution in [-0.4, -0.2) is 19.0 Å². The van der Waals surface area contributed by atoms with E-state index in [0.717, 1.165) is 6.07 Å². The van der Waals surface area contributed by atoms with E-state index in [1.165, 1.54) is 30.2 Å². The van der Waals surface area contributed by atoms with Crippen LogP contribution in [0.3, 0.4) is 0 Å². The summed E-state index contributed by atoms with van der Waals surface area (Å²) in [5, 5.41) is 0.535. The lowest BCUT2D eigenvalue weighted by Crippen LogP contribution is -2.24. The number of methoxy groups -OCH3 is 1. The van der Waals surface area contributed by atoms with Gasteiger partial charge in [-0.05, 0) is 48.9 Å². The Kier molecular flexibility index (Phi) is 5.79. The number of hydrogen-bond donors (Lipinski definition) is 0. The summed E-state index contributed by atoms with van der Waals surface area (Å²) in [6.07, 6.45) is 1.52. The van der Waals surface area contributed by atoms with Gasteiger partial charge >= 0.3 is 5.97 Å². The molecule has 1 aliphatic rings.